The summed E-state index contributed by atoms with van der Waals surface area (Å²) < 4.78 is 37.6. The van der Waals surface area contributed by atoms with Gasteiger partial charge in [-0.15, -0.1) is 0 Å². The third-order valence-electron chi connectivity index (χ3n) is 3.62. The van der Waals surface area contributed by atoms with Crippen molar-refractivity contribution in [1.82, 2.24) is 9.97 Å². The molecule has 0 spiro atoms. The number of carbonyl (C=O) groups is 1. The fraction of sp³-hybridized carbons (Fsp3) is 0.412. The van der Waals surface area contributed by atoms with Crippen LogP contribution in [0.2, 0.25) is 0 Å². The van der Waals surface area contributed by atoms with Gasteiger partial charge in [-0.3, -0.25) is 4.79 Å². The lowest BCUT2D eigenvalue weighted by atomic mass is 9.92. The molecular formula is C17H22N3O6S2+. The van der Waals surface area contributed by atoms with Crippen LogP contribution in [0.4, 0.5) is 0 Å². The molecule has 1 N–H and O–H groups in total. The second-order valence-electron chi connectivity index (χ2n) is 6.76. The van der Waals surface area contributed by atoms with Crippen LogP contribution in [0.5, 0.6) is 11.8 Å². The minimum atomic E-state index is -4.21. The van der Waals surface area contributed by atoms with E-state index in [0.29, 0.717) is 0 Å². The number of hydrogen-bond donors (Lipinski definition) is 1. The van der Waals surface area contributed by atoms with Crippen LogP contribution in [-0.2, 0) is 14.8 Å². The van der Waals surface area contributed by atoms with E-state index in [0.717, 1.165) is 15.7 Å². The molecule has 0 saturated carbocycles. The molecule has 152 valence electrons. The van der Waals surface area contributed by atoms with E-state index in [1.54, 1.807) is 26.8 Å². The van der Waals surface area contributed by atoms with Crippen molar-refractivity contribution < 1.29 is 31.8 Å². The van der Waals surface area contributed by atoms with E-state index in [1.165, 1.54) is 38.6 Å². The minimum Gasteiger partial charge on any atom is -0.480 e. The van der Waals surface area contributed by atoms with Gasteiger partial charge in [0.1, 0.15) is 11.3 Å². The van der Waals surface area contributed by atoms with Gasteiger partial charge in [-0.05, 0) is 29.3 Å². The Morgan fingerprint density at radius 1 is 1.25 bits per heavy atom. The van der Waals surface area contributed by atoms with E-state index < -0.39 is 26.7 Å². The van der Waals surface area contributed by atoms with Crippen LogP contribution in [0.25, 0.3) is 0 Å². The maximum atomic E-state index is 13.2. The van der Waals surface area contributed by atoms with Gasteiger partial charge in [0.15, 0.2) is 5.03 Å². The molecule has 2 heterocycles. The number of pyridine rings is 1. The van der Waals surface area contributed by atoms with Crippen LogP contribution in [0.15, 0.2) is 40.6 Å². The maximum absolute atomic E-state index is 13.2. The molecule has 2 aromatic rings. The van der Waals surface area contributed by atoms with Gasteiger partial charge in [-0.25, -0.2) is 4.98 Å². The van der Waals surface area contributed by atoms with Gasteiger partial charge in [0.2, 0.25) is 0 Å². The summed E-state index contributed by atoms with van der Waals surface area (Å²) in [5.74, 6) is -1.09. The highest BCUT2D eigenvalue weighted by Gasteiger charge is 2.41. The molecule has 28 heavy (non-hydrogen) atoms. The Morgan fingerprint density at radius 2 is 1.93 bits per heavy atom. The molecule has 0 aliphatic rings. The van der Waals surface area contributed by atoms with Crippen LogP contribution in [0, 0.1) is 5.41 Å². The average molecular weight is 429 g/mol. The molecule has 0 saturated heterocycles. The second-order valence-corrected chi connectivity index (χ2v) is 9.57. The average Bonchev–Trinajstić information content (AvgIpc) is 2.64. The molecule has 0 fully saturated rings. The van der Waals surface area contributed by atoms with Gasteiger partial charge in [0.25, 0.3) is 0 Å². The molecule has 0 aliphatic heterocycles. The van der Waals surface area contributed by atoms with Crippen molar-refractivity contribution in [3.63, 3.8) is 0 Å². The highest BCUT2D eigenvalue weighted by atomic mass is 32.2. The van der Waals surface area contributed by atoms with Gasteiger partial charge >= 0.3 is 32.9 Å². The summed E-state index contributed by atoms with van der Waals surface area (Å²) in [6, 6.07) is 5.76. The molecule has 0 aromatic carbocycles. The lowest BCUT2D eigenvalue weighted by Gasteiger charge is -2.24. The summed E-state index contributed by atoms with van der Waals surface area (Å²) in [7, 11) is -1.54. The lowest BCUT2D eigenvalue weighted by Crippen LogP contribution is -2.48. The summed E-state index contributed by atoms with van der Waals surface area (Å²) in [6.45, 7) is 5.23. The first kappa shape index (κ1) is 21.9. The molecule has 1 atom stereocenters. The SMILES string of the molecule is COc1cc(OC)[n+](S(=O)(=O)c2ccccn2)c(SC(C(=O)O)C(C)(C)C)n1. The van der Waals surface area contributed by atoms with E-state index in [2.05, 4.69) is 9.97 Å². The zero-order chi connectivity index (χ0) is 21.1. The molecule has 2 rings (SSSR count). The lowest BCUT2D eigenvalue weighted by molar-refractivity contribution is -0.568. The largest absolute Gasteiger partial charge is 0.480 e. The Labute approximate surface area is 167 Å². The first-order valence-electron chi connectivity index (χ1n) is 8.13. The maximum Gasteiger partial charge on any atom is 0.383 e. The second kappa shape index (κ2) is 8.31. The topological polar surface area (TPSA) is 120 Å². The molecule has 11 heteroatoms. The molecule has 1 unspecified atom stereocenters. The van der Waals surface area contributed by atoms with Gasteiger partial charge in [0.05, 0.1) is 14.2 Å². The number of ether oxygens (including phenoxy) is 2. The first-order chi connectivity index (χ1) is 13.0. The van der Waals surface area contributed by atoms with Crippen LogP contribution in [0.3, 0.4) is 0 Å². The van der Waals surface area contributed by atoms with E-state index in [-0.39, 0.29) is 21.9 Å². The normalized spacial score (nSPS) is 13.0. The van der Waals surface area contributed by atoms with Gasteiger partial charge in [-0.1, -0.05) is 30.8 Å². The highest BCUT2D eigenvalue weighted by molar-refractivity contribution is 8.00. The Bertz CT molecular complexity index is 959. The third-order valence-corrected chi connectivity index (χ3v) is 6.97. The standard InChI is InChI=1S/C17H21N3O6S2/c1-17(2,3)14(15(21)22)27-16-19-11(25-4)10-13(26-5)20(16)28(23,24)12-8-6-7-9-18-12/h6-10,14H,1-5H3/p+1. The summed E-state index contributed by atoms with van der Waals surface area (Å²) in [5, 5.41) is 8.33. The monoisotopic (exact) mass is 428 g/mol. The molecule has 0 bridgehead atoms. The Hall–Kier alpha value is -2.40. The summed E-state index contributed by atoms with van der Waals surface area (Å²) in [5.41, 5.74) is -0.679. The van der Waals surface area contributed by atoms with Crippen molar-refractivity contribution in [3.8, 4) is 11.8 Å². The third kappa shape index (κ3) is 4.53. The van der Waals surface area contributed by atoms with Crippen molar-refractivity contribution >= 4 is 27.8 Å². The fourth-order valence-electron chi connectivity index (χ4n) is 2.27. The van der Waals surface area contributed by atoms with Crippen molar-refractivity contribution in [2.45, 2.75) is 36.2 Å². The molecule has 0 aliphatic carbocycles. The number of aliphatic carboxylic acids is 1. The Kier molecular flexibility index (Phi) is 6.50. The van der Waals surface area contributed by atoms with E-state index in [1.807, 2.05) is 0 Å². The van der Waals surface area contributed by atoms with E-state index in [4.69, 9.17) is 9.47 Å². The Morgan fingerprint density at radius 3 is 2.39 bits per heavy atom. The van der Waals surface area contributed by atoms with Crippen molar-refractivity contribution in [1.29, 1.82) is 0 Å². The fourth-order valence-corrected chi connectivity index (χ4v) is 4.93. The minimum absolute atomic E-state index is 0.0851. The van der Waals surface area contributed by atoms with Crippen molar-refractivity contribution in [2.75, 3.05) is 14.2 Å². The van der Waals surface area contributed by atoms with Gasteiger partial charge in [-0.2, -0.15) is 8.42 Å². The number of thioether (sulfide) groups is 1. The van der Waals surface area contributed by atoms with Crippen LogP contribution in [-0.4, -0.2) is 48.9 Å². The highest BCUT2D eigenvalue weighted by Crippen LogP contribution is 2.35. The number of aromatic nitrogens is 3. The van der Waals surface area contributed by atoms with Crippen molar-refractivity contribution in [2.24, 2.45) is 5.41 Å². The number of rotatable bonds is 7. The first-order valence-corrected chi connectivity index (χ1v) is 10.5. The number of hydrogen-bond acceptors (Lipinski definition) is 8. The van der Waals surface area contributed by atoms with E-state index in [9.17, 15) is 18.3 Å². The van der Waals surface area contributed by atoms with Crippen molar-refractivity contribution in [3.05, 3.63) is 30.5 Å². The Balaban J connectivity index is 2.76. The quantitative estimate of drug-likeness (QED) is 0.398. The molecule has 9 nitrogen and oxygen atoms in total. The van der Waals surface area contributed by atoms with E-state index >= 15 is 0 Å². The predicted octanol–water partition coefficient (Wildman–Crippen LogP) is 1.61. The zero-order valence-electron chi connectivity index (χ0n) is 16.1. The smallest absolute Gasteiger partial charge is 0.383 e. The summed E-state index contributed by atoms with van der Waals surface area (Å²) in [4.78, 5) is 19.9. The van der Waals surface area contributed by atoms with Gasteiger partial charge in [0, 0.05) is 11.2 Å². The van der Waals surface area contributed by atoms with Crippen LogP contribution >= 0.6 is 11.8 Å². The predicted molar refractivity (Wildman–Crippen MR) is 101 cm³/mol. The number of nitrogens with zero attached hydrogens (tertiary/aromatic N) is 3. The van der Waals surface area contributed by atoms with Crippen LogP contribution < -0.4 is 13.4 Å². The summed E-state index contributed by atoms with van der Waals surface area (Å²) in [6.07, 6.45) is 1.35. The molecule has 0 amide bonds. The van der Waals surface area contributed by atoms with Gasteiger partial charge < -0.3 is 14.6 Å². The zero-order valence-corrected chi connectivity index (χ0v) is 17.7. The molecule has 0 radical (unpaired) electrons. The molecular weight excluding hydrogens is 406 g/mol. The molecule has 2 aromatic heterocycles. The number of carboxylic acid groups (broad SMARTS) is 1. The number of carboxylic acids is 1. The van der Waals surface area contributed by atoms with Crippen LogP contribution in [0.1, 0.15) is 20.8 Å². The summed E-state index contributed by atoms with van der Waals surface area (Å²) >= 11 is 0.796. The number of methoxy groups -OCH3 is 2.